The van der Waals surface area contributed by atoms with Crippen LogP contribution in [0.15, 0.2) is 48.7 Å². The summed E-state index contributed by atoms with van der Waals surface area (Å²) in [4.78, 5) is 10.4. The van der Waals surface area contributed by atoms with Gasteiger partial charge in [-0.3, -0.25) is 10.1 Å². The fraction of sp³-hybridized carbons (Fsp3) is 0.167. The molecule has 6 nitrogen and oxygen atoms in total. The predicted octanol–water partition coefficient (Wildman–Crippen LogP) is 3.55. The summed E-state index contributed by atoms with van der Waals surface area (Å²) in [7, 11) is 1.68. The van der Waals surface area contributed by atoms with Crippen LogP contribution in [-0.2, 0) is 12.8 Å². The highest BCUT2D eigenvalue weighted by Gasteiger charge is 2.22. The highest BCUT2D eigenvalue weighted by molar-refractivity contribution is 5.72. The van der Waals surface area contributed by atoms with Crippen LogP contribution in [0.3, 0.4) is 0 Å². The molecule has 1 heterocycles. The van der Waals surface area contributed by atoms with Crippen LogP contribution in [0.4, 0.5) is 5.69 Å². The first-order chi connectivity index (χ1) is 11.7. The number of ether oxygens (including phenoxy) is 1. The Kier molecular flexibility index (Phi) is 3.30. The molecule has 0 aliphatic heterocycles. The van der Waals surface area contributed by atoms with Gasteiger partial charge >= 0.3 is 0 Å². The Morgan fingerprint density at radius 1 is 1.17 bits per heavy atom. The van der Waals surface area contributed by atoms with Crippen LogP contribution in [0.25, 0.3) is 16.9 Å². The topological polar surface area (TPSA) is 70.2 Å². The van der Waals surface area contributed by atoms with Gasteiger partial charge in [0.05, 0.1) is 23.4 Å². The molecule has 0 saturated heterocycles. The van der Waals surface area contributed by atoms with Crippen LogP contribution in [-0.4, -0.2) is 21.8 Å². The zero-order chi connectivity index (χ0) is 16.7. The summed E-state index contributed by atoms with van der Waals surface area (Å²) in [6, 6.07) is 12.4. The first-order valence-electron chi connectivity index (χ1n) is 7.67. The van der Waals surface area contributed by atoms with Gasteiger partial charge in [-0.25, -0.2) is 4.68 Å². The molecule has 0 radical (unpaired) electrons. The van der Waals surface area contributed by atoms with Crippen molar-refractivity contribution >= 4 is 5.69 Å². The minimum Gasteiger partial charge on any atom is -0.496 e. The second-order valence-electron chi connectivity index (χ2n) is 5.71. The van der Waals surface area contributed by atoms with Gasteiger partial charge in [0, 0.05) is 29.5 Å². The van der Waals surface area contributed by atoms with Crippen LogP contribution < -0.4 is 4.74 Å². The smallest absolute Gasteiger partial charge is 0.269 e. The molecule has 0 saturated carbocycles. The molecule has 0 spiro atoms. The first-order valence-corrected chi connectivity index (χ1v) is 7.67. The Balaban J connectivity index is 1.77. The van der Waals surface area contributed by atoms with Crippen molar-refractivity contribution in [3.8, 4) is 22.7 Å². The summed E-state index contributed by atoms with van der Waals surface area (Å²) in [6.45, 7) is 0. The molecule has 0 fully saturated rings. The van der Waals surface area contributed by atoms with Crippen molar-refractivity contribution in [3.05, 3.63) is 69.9 Å². The number of nitro benzene ring substituents is 1. The number of aryl methyl sites for hydroxylation is 1. The molecule has 0 amide bonds. The van der Waals surface area contributed by atoms with Gasteiger partial charge in [0.25, 0.3) is 5.69 Å². The molecule has 1 aromatic heterocycles. The monoisotopic (exact) mass is 321 g/mol. The van der Waals surface area contributed by atoms with Crippen molar-refractivity contribution in [3.63, 3.8) is 0 Å². The number of benzene rings is 2. The number of aromatic nitrogens is 2. The Labute approximate surface area is 138 Å². The highest BCUT2D eigenvalue weighted by atomic mass is 16.6. The third-order valence-electron chi connectivity index (χ3n) is 4.37. The normalized spacial score (nSPS) is 12.4. The summed E-state index contributed by atoms with van der Waals surface area (Å²) in [5.74, 6) is 0.892. The van der Waals surface area contributed by atoms with E-state index < -0.39 is 4.92 Å². The summed E-state index contributed by atoms with van der Waals surface area (Å²) < 4.78 is 7.24. The molecular weight excluding hydrogens is 306 g/mol. The van der Waals surface area contributed by atoms with Gasteiger partial charge in [-0.05, 0) is 36.6 Å². The summed E-state index contributed by atoms with van der Waals surface area (Å²) in [5, 5.41) is 15.5. The molecule has 0 unspecified atom stereocenters. The largest absolute Gasteiger partial charge is 0.496 e. The molecule has 3 aromatic rings. The van der Waals surface area contributed by atoms with Crippen LogP contribution in [0.1, 0.15) is 11.1 Å². The first kappa shape index (κ1) is 14.4. The van der Waals surface area contributed by atoms with Crippen LogP contribution in [0.5, 0.6) is 5.75 Å². The second kappa shape index (κ2) is 5.49. The lowest BCUT2D eigenvalue weighted by Crippen LogP contribution is -2.04. The number of hydrogen-bond donors (Lipinski definition) is 0. The maximum absolute atomic E-state index is 10.8. The van der Waals surface area contributed by atoms with Crippen molar-refractivity contribution in [2.75, 3.05) is 7.11 Å². The van der Waals surface area contributed by atoms with E-state index in [1.165, 1.54) is 23.3 Å². The van der Waals surface area contributed by atoms with Crippen LogP contribution >= 0.6 is 0 Å². The highest BCUT2D eigenvalue weighted by Crippen LogP contribution is 2.37. The van der Waals surface area contributed by atoms with Gasteiger partial charge in [-0.15, -0.1) is 0 Å². The van der Waals surface area contributed by atoms with E-state index in [0.29, 0.717) is 0 Å². The van der Waals surface area contributed by atoms with Gasteiger partial charge in [0.1, 0.15) is 5.75 Å². The van der Waals surface area contributed by atoms with Crippen molar-refractivity contribution < 1.29 is 9.66 Å². The number of nitrogens with zero attached hydrogens (tertiary/aromatic N) is 3. The zero-order valence-electron chi connectivity index (χ0n) is 13.1. The molecule has 2 aromatic carbocycles. The zero-order valence-corrected chi connectivity index (χ0v) is 13.1. The molecule has 4 rings (SSSR count). The predicted molar refractivity (Wildman–Crippen MR) is 89.6 cm³/mol. The number of non-ortho nitro benzene ring substituents is 1. The molecular formula is C18H15N3O3. The van der Waals surface area contributed by atoms with Gasteiger partial charge in [0.2, 0.25) is 0 Å². The third-order valence-corrected chi connectivity index (χ3v) is 4.37. The van der Waals surface area contributed by atoms with Crippen molar-refractivity contribution in [1.29, 1.82) is 0 Å². The van der Waals surface area contributed by atoms with Gasteiger partial charge in [-0.2, -0.15) is 5.10 Å². The summed E-state index contributed by atoms with van der Waals surface area (Å²) in [5.41, 5.74) is 5.28. The van der Waals surface area contributed by atoms with Gasteiger partial charge in [0.15, 0.2) is 0 Å². The molecule has 0 bridgehead atoms. The van der Waals surface area contributed by atoms with E-state index in [0.717, 1.165) is 35.5 Å². The Morgan fingerprint density at radius 3 is 2.67 bits per heavy atom. The Hall–Kier alpha value is -3.15. The molecule has 24 heavy (non-hydrogen) atoms. The number of methoxy groups -OCH3 is 1. The van der Waals surface area contributed by atoms with E-state index in [1.807, 2.05) is 18.3 Å². The standard InChI is InChI=1S/C18H15N3O3/c1-24-17-4-2-3-16-15(17)10-5-12-11-20(19-18(12)16)13-6-8-14(9-7-13)21(22)23/h2-4,6-9,11H,5,10H2,1H3. The van der Waals surface area contributed by atoms with Crippen LogP contribution in [0.2, 0.25) is 0 Å². The van der Waals surface area contributed by atoms with E-state index in [1.54, 1.807) is 23.9 Å². The van der Waals surface area contributed by atoms with Crippen molar-refractivity contribution in [2.24, 2.45) is 0 Å². The SMILES string of the molecule is COc1cccc2c1CCc1cn(-c3ccc([N+](=O)[O-])cc3)nc1-2. The lowest BCUT2D eigenvalue weighted by atomic mass is 9.90. The van der Waals surface area contributed by atoms with E-state index in [2.05, 4.69) is 6.07 Å². The number of rotatable bonds is 3. The molecule has 0 atom stereocenters. The molecule has 120 valence electrons. The quantitative estimate of drug-likeness (QED) is 0.546. The second-order valence-corrected chi connectivity index (χ2v) is 5.71. The van der Waals surface area contributed by atoms with E-state index in [-0.39, 0.29) is 5.69 Å². The lowest BCUT2D eigenvalue weighted by molar-refractivity contribution is -0.384. The summed E-state index contributed by atoms with van der Waals surface area (Å²) >= 11 is 0. The number of hydrogen-bond acceptors (Lipinski definition) is 4. The van der Waals surface area contributed by atoms with Crippen LogP contribution in [0, 0.1) is 10.1 Å². The van der Waals surface area contributed by atoms with Gasteiger partial charge in [-0.1, -0.05) is 12.1 Å². The average Bonchev–Trinajstić information content (AvgIpc) is 3.06. The Bertz CT molecular complexity index is 929. The fourth-order valence-electron chi connectivity index (χ4n) is 3.18. The maximum Gasteiger partial charge on any atom is 0.269 e. The third kappa shape index (κ3) is 2.23. The molecule has 6 heteroatoms. The number of fused-ring (bicyclic) bond motifs is 3. The average molecular weight is 321 g/mol. The van der Waals surface area contributed by atoms with E-state index in [4.69, 9.17) is 9.84 Å². The Morgan fingerprint density at radius 2 is 1.96 bits per heavy atom. The van der Waals surface area contributed by atoms with Crippen molar-refractivity contribution in [1.82, 2.24) is 9.78 Å². The maximum atomic E-state index is 10.8. The molecule has 1 aliphatic rings. The minimum absolute atomic E-state index is 0.0748. The van der Waals surface area contributed by atoms with E-state index >= 15 is 0 Å². The number of nitro groups is 1. The minimum atomic E-state index is -0.402. The summed E-state index contributed by atoms with van der Waals surface area (Å²) in [6.07, 6.45) is 3.81. The van der Waals surface area contributed by atoms with E-state index in [9.17, 15) is 10.1 Å². The lowest BCUT2D eigenvalue weighted by Gasteiger charge is -2.17. The molecule has 1 aliphatic carbocycles. The van der Waals surface area contributed by atoms with Crippen molar-refractivity contribution in [2.45, 2.75) is 12.8 Å². The van der Waals surface area contributed by atoms with Gasteiger partial charge < -0.3 is 4.74 Å². The fourth-order valence-corrected chi connectivity index (χ4v) is 3.18. The molecule has 0 N–H and O–H groups in total.